The molecular formula is C17H20N6O. The average Bonchev–Trinajstić information content (AvgIpc) is 3.01. The van der Waals surface area contributed by atoms with E-state index in [9.17, 15) is 5.11 Å². The van der Waals surface area contributed by atoms with Crippen molar-refractivity contribution in [1.82, 2.24) is 25.0 Å². The average molecular weight is 324 g/mol. The van der Waals surface area contributed by atoms with Crippen LogP contribution >= 0.6 is 0 Å². The summed E-state index contributed by atoms with van der Waals surface area (Å²) in [6.45, 7) is 1.90. The first-order valence-corrected chi connectivity index (χ1v) is 8.24. The van der Waals surface area contributed by atoms with Gasteiger partial charge in [0.2, 0.25) is 5.95 Å². The van der Waals surface area contributed by atoms with Crippen LogP contribution in [0.3, 0.4) is 0 Å². The molecule has 24 heavy (non-hydrogen) atoms. The molecule has 0 aliphatic heterocycles. The Bertz CT molecular complexity index is 849. The van der Waals surface area contributed by atoms with Gasteiger partial charge in [0, 0.05) is 18.3 Å². The number of nitrogens with one attached hydrogen (secondary N) is 1. The fourth-order valence-electron chi connectivity index (χ4n) is 3.14. The van der Waals surface area contributed by atoms with Gasteiger partial charge in [-0.15, -0.1) is 5.10 Å². The molecule has 2 aromatic heterocycles. The standard InChI is InChI=1S/C17H20N6O/c1-17(24)9-6-12(7-10-17)19-16-18-11-8-15(20-16)23-14-5-3-2-4-13(14)21-22-23/h2-5,8,11-12,24H,6-7,9-10H2,1H3,(H,18,19,20). The van der Waals surface area contributed by atoms with E-state index in [1.54, 1.807) is 10.9 Å². The van der Waals surface area contributed by atoms with E-state index >= 15 is 0 Å². The summed E-state index contributed by atoms with van der Waals surface area (Å²) in [4.78, 5) is 8.89. The second-order valence-electron chi connectivity index (χ2n) is 6.64. The summed E-state index contributed by atoms with van der Waals surface area (Å²) in [7, 11) is 0. The molecule has 0 saturated heterocycles. The molecule has 1 aromatic carbocycles. The summed E-state index contributed by atoms with van der Waals surface area (Å²) >= 11 is 0. The van der Waals surface area contributed by atoms with Crippen LogP contribution in [-0.2, 0) is 0 Å². The first-order valence-electron chi connectivity index (χ1n) is 8.24. The van der Waals surface area contributed by atoms with Crippen LogP contribution in [0.4, 0.5) is 5.95 Å². The Balaban J connectivity index is 1.56. The Morgan fingerprint density at radius 3 is 2.83 bits per heavy atom. The summed E-state index contributed by atoms with van der Waals surface area (Å²) in [5, 5.41) is 21.8. The molecule has 7 heteroatoms. The normalized spacial score (nSPS) is 24.2. The van der Waals surface area contributed by atoms with Crippen molar-refractivity contribution >= 4 is 17.0 Å². The van der Waals surface area contributed by atoms with E-state index in [1.165, 1.54) is 0 Å². The lowest BCUT2D eigenvalue weighted by Gasteiger charge is -2.33. The summed E-state index contributed by atoms with van der Waals surface area (Å²) in [6, 6.07) is 9.88. The first-order chi connectivity index (χ1) is 11.6. The van der Waals surface area contributed by atoms with Crippen LogP contribution in [0.5, 0.6) is 0 Å². The van der Waals surface area contributed by atoms with E-state index in [-0.39, 0.29) is 6.04 Å². The van der Waals surface area contributed by atoms with Crippen LogP contribution in [0.15, 0.2) is 36.5 Å². The maximum atomic E-state index is 10.1. The van der Waals surface area contributed by atoms with Crippen molar-refractivity contribution in [2.24, 2.45) is 0 Å². The van der Waals surface area contributed by atoms with Gasteiger partial charge in [-0.1, -0.05) is 17.3 Å². The number of aliphatic hydroxyl groups is 1. The minimum Gasteiger partial charge on any atom is -0.390 e. The molecule has 1 fully saturated rings. The zero-order valence-electron chi connectivity index (χ0n) is 13.6. The molecule has 1 saturated carbocycles. The van der Waals surface area contributed by atoms with Crippen molar-refractivity contribution in [2.75, 3.05) is 5.32 Å². The van der Waals surface area contributed by atoms with Gasteiger partial charge in [0.05, 0.1) is 11.1 Å². The molecule has 4 rings (SSSR count). The summed E-state index contributed by atoms with van der Waals surface area (Å²) in [5.74, 6) is 1.27. The number of hydrogen-bond donors (Lipinski definition) is 2. The second-order valence-corrected chi connectivity index (χ2v) is 6.64. The molecule has 2 heterocycles. The van der Waals surface area contributed by atoms with Gasteiger partial charge in [-0.2, -0.15) is 9.67 Å². The fourth-order valence-corrected chi connectivity index (χ4v) is 3.14. The van der Waals surface area contributed by atoms with Gasteiger partial charge in [-0.25, -0.2) is 4.98 Å². The number of para-hydroxylation sites is 1. The summed E-state index contributed by atoms with van der Waals surface area (Å²) < 4.78 is 1.72. The van der Waals surface area contributed by atoms with Gasteiger partial charge in [-0.3, -0.25) is 0 Å². The molecular weight excluding hydrogens is 304 g/mol. The summed E-state index contributed by atoms with van der Waals surface area (Å²) in [5.41, 5.74) is 1.21. The van der Waals surface area contributed by atoms with Crippen LogP contribution in [0.2, 0.25) is 0 Å². The third-order valence-electron chi connectivity index (χ3n) is 4.61. The van der Waals surface area contributed by atoms with E-state index in [1.807, 2.05) is 37.3 Å². The lowest BCUT2D eigenvalue weighted by atomic mass is 9.84. The van der Waals surface area contributed by atoms with Crippen LogP contribution < -0.4 is 5.32 Å². The molecule has 0 amide bonds. The number of anilines is 1. The molecule has 1 aliphatic rings. The van der Waals surface area contributed by atoms with E-state index in [2.05, 4.69) is 25.6 Å². The van der Waals surface area contributed by atoms with E-state index in [4.69, 9.17) is 0 Å². The predicted molar refractivity (Wildman–Crippen MR) is 91.0 cm³/mol. The van der Waals surface area contributed by atoms with Crippen LogP contribution in [0.25, 0.3) is 16.9 Å². The SMILES string of the molecule is CC1(O)CCC(Nc2nccc(-n3nnc4ccccc43)n2)CC1. The highest BCUT2D eigenvalue weighted by molar-refractivity contribution is 5.75. The van der Waals surface area contributed by atoms with Crippen molar-refractivity contribution in [3.05, 3.63) is 36.5 Å². The number of hydrogen-bond acceptors (Lipinski definition) is 6. The van der Waals surface area contributed by atoms with Gasteiger partial charge >= 0.3 is 0 Å². The van der Waals surface area contributed by atoms with Gasteiger partial charge in [0.25, 0.3) is 0 Å². The van der Waals surface area contributed by atoms with E-state index in [0.29, 0.717) is 11.8 Å². The Morgan fingerprint density at radius 2 is 2.00 bits per heavy atom. The highest BCUT2D eigenvalue weighted by atomic mass is 16.3. The van der Waals surface area contributed by atoms with Crippen molar-refractivity contribution in [1.29, 1.82) is 0 Å². The number of nitrogens with zero attached hydrogens (tertiary/aromatic N) is 5. The quantitative estimate of drug-likeness (QED) is 0.768. The Morgan fingerprint density at radius 1 is 1.21 bits per heavy atom. The highest BCUT2D eigenvalue weighted by Crippen LogP contribution is 2.29. The first kappa shape index (κ1) is 15.0. The maximum absolute atomic E-state index is 10.1. The lowest BCUT2D eigenvalue weighted by molar-refractivity contribution is 0.0195. The molecule has 1 aliphatic carbocycles. The van der Waals surface area contributed by atoms with Crippen molar-refractivity contribution < 1.29 is 5.11 Å². The highest BCUT2D eigenvalue weighted by Gasteiger charge is 2.28. The molecule has 0 atom stereocenters. The van der Waals surface area contributed by atoms with Crippen molar-refractivity contribution in [3.8, 4) is 5.82 Å². The minimum atomic E-state index is -0.541. The summed E-state index contributed by atoms with van der Waals surface area (Å²) in [6.07, 6.45) is 5.12. The molecule has 7 nitrogen and oxygen atoms in total. The second kappa shape index (κ2) is 5.83. The van der Waals surface area contributed by atoms with Gasteiger partial charge < -0.3 is 10.4 Å². The zero-order valence-corrected chi connectivity index (χ0v) is 13.6. The number of aromatic nitrogens is 5. The Kier molecular flexibility index (Phi) is 3.65. The maximum Gasteiger partial charge on any atom is 0.224 e. The molecule has 2 N–H and O–H groups in total. The molecule has 0 spiro atoms. The Labute approximate surface area is 139 Å². The topological polar surface area (TPSA) is 88.8 Å². The largest absolute Gasteiger partial charge is 0.390 e. The third-order valence-corrected chi connectivity index (χ3v) is 4.61. The van der Waals surface area contributed by atoms with Crippen molar-refractivity contribution in [2.45, 2.75) is 44.2 Å². The van der Waals surface area contributed by atoms with Crippen LogP contribution in [0.1, 0.15) is 32.6 Å². The predicted octanol–water partition coefficient (Wildman–Crippen LogP) is 2.32. The van der Waals surface area contributed by atoms with E-state index in [0.717, 1.165) is 36.7 Å². The van der Waals surface area contributed by atoms with Gasteiger partial charge in [-0.05, 0) is 44.7 Å². The minimum absolute atomic E-state index is 0.285. The number of fused-ring (bicyclic) bond motifs is 1. The van der Waals surface area contributed by atoms with E-state index < -0.39 is 5.60 Å². The van der Waals surface area contributed by atoms with Crippen LogP contribution in [0, 0.1) is 0 Å². The van der Waals surface area contributed by atoms with Crippen molar-refractivity contribution in [3.63, 3.8) is 0 Å². The molecule has 0 unspecified atom stereocenters. The molecule has 0 bridgehead atoms. The zero-order chi connectivity index (χ0) is 16.6. The van der Waals surface area contributed by atoms with Gasteiger partial charge in [0.15, 0.2) is 5.82 Å². The third kappa shape index (κ3) is 2.94. The molecule has 124 valence electrons. The number of rotatable bonds is 3. The Hall–Kier alpha value is -2.54. The van der Waals surface area contributed by atoms with Crippen LogP contribution in [-0.4, -0.2) is 41.7 Å². The number of benzene rings is 1. The fraction of sp³-hybridized carbons (Fsp3) is 0.412. The smallest absolute Gasteiger partial charge is 0.224 e. The molecule has 3 aromatic rings. The van der Waals surface area contributed by atoms with Gasteiger partial charge in [0.1, 0.15) is 5.52 Å². The molecule has 0 radical (unpaired) electrons. The monoisotopic (exact) mass is 324 g/mol. The lowest BCUT2D eigenvalue weighted by Crippen LogP contribution is -2.36.